The molecule has 3 heterocycles. The summed E-state index contributed by atoms with van der Waals surface area (Å²) < 4.78 is 59.1. The Hall–Kier alpha value is -3.91. The normalized spacial score (nSPS) is 12.7. The third kappa shape index (κ3) is 4.70. The SMILES string of the molecule is C[C@H](CO)S(=O)(=O)c1ccc(OC(F)F)c(-c2nn(C)cc2NC(=O)c2cnn3cccnc23)c1. The molecule has 0 aliphatic rings. The summed E-state index contributed by atoms with van der Waals surface area (Å²) in [6.45, 7) is -2.51. The van der Waals surface area contributed by atoms with Crippen LogP contribution >= 0.6 is 0 Å². The summed E-state index contributed by atoms with van der Waals surface area (Å²) in [6.07, 6.45) is 5.86. The quantitative estimate of drug-likeness (QED) is 0.370. The highest BCUT2D eigenvalue weighted by Crippen LogP contribution is 2.37. The first-order chi connectivity index (χ1) is 16.6. The number of hydrogen-bond acceptors (Lipinski definition) is 8. The zero-order valence-corrected chi connectivity index (χ0v) is 19.3. The van der Waals surface area contributed by atoms with Crippen molar-refractivity contribution in [2.75, 3.05) is 11.9 Å². The van der Waals surface area contributed by atoms with Crippen LogP contribution in [0.15, 0.2) is 53.9 Å². The Morgan fingerprint density at radius 2 is 2.09 bits per heavy atom. The molecule has 184 valence electrons. The minimum atomic E-state index is -3.99. The van der Waals surface area contributed by atoms with Crippen LogP contribution < -0.4 is 10.1 Å². The number of halogens is 2. The number of rotatable bonds is 8. The van der Waals surface area contributed by atoms with Crippen LogP contribution in [-0.2, 0) is 16.9 Å². The average molecular weight is 506 g/mol. The summed E-state index contributed by atoms with van der Waals surface area (Å²) in [5.74, 6) is -0.940. The minimum absolute atomic E-state index is 0.00497. The molecule has 35 heavy (non-hydrogen) atoms. The van der Waals surface area contributed by atoms with Gasteiger partial charge >= 0.3 is 6.61 Å². The number of alkyl halides is 2. The molecule has 1 aromatic carbocycles. The fraction of sp³-hybridized carbons (Fsp3) is 0.238. The van der Waals surface area contributed by atoms with Crippen molar-refractivity contribution in [2.24, 2.45) is 7.05 Å². The highest BCUT2D eigenvalue weighted by atomic mass is 32.2. The summed E-state index contributed by atoms with van der Waals surface area (Å²) in [7, 11) is -2.45. The maximum absolute atomic E-state index is 13.1. The third-order valence-corrected chi connectivity index (χ3v) is 7.26. The molecule has 0 aliphatic heterocycles. The van der Waals surface area contributed by atoms with Crippen LogP contribution in [0.3, 0.4) is 0 Å². The number of ether oxygens (including phenoxy) is 1. The number of aliphatic hydroxyl groups excluding tert-OH is 1. The van der Waals surface area contributed by atoms with E-state index in [1.54, 1.807) is 12.3 Å². The van der Waals surface area contributed by atoms with Crippen molar-refractivity contribution in [3.05, 3.63) is 54.6 Å². The molecule has 14 heteroatoms. The van der Waals surface area contributed by atoms with Crippen molar-refractivity contribution in [2.45, 2.75) is 23.7 Å². The predicted octanol–water partition coefficient (Wildman–Crippen LogP) is 2.14. The highest BCUT2D eigenvalue weighted by Gasteiger charge is 2.27. The molecule has 0 radical (unpaired) electrons. The fourth-order valence-corrected chi connectivity index (χ4v) is 4.56. The van der Waals surface area contributed by atoms with Crippen molar-refractivity contribution in [1.29, 1.82) is 0 Å². The van der Waals surface area contributed by atoms with Gasteiger partial charge in [-0.05, 0) is 31.2 Å². The van der Waals surface area contributed by atoms with E-state index in [1.807, 2.05) is 0 Å². The van der Waals surface area contributed by atoms with Gasteiger partial charge in [0.15, 0.2) is 15.5 Å². The van der Waals surface area contributed by atoms with Gasteiger partial charge in [0, 0.05) is 31.2 Å². The number of carbonyl (C=O) groups is 1. The number of nitrogens with zero attached hydrogens (tertiary/aromatic N) is 5. The summed E-state index contributed by atoms with van der Waals surface area (Å²) in [5.41, 5.74) is 0.456. The lowest BCUT2D eigenvalue weighted by Gasteiger charge is -2.15. The van der Waals surface area contributed by atoms with E-state index in [1.165, 1.54) is 41.8 Å². The van der Waals surface area contributed by atoms with Gasteiger partial charge < -0.3 is 15.2 Å². The standard InChI is InChI=1S/C21H20F2N6O5S/c1-12(11-30)35(32,33)13-4-5-17(34-21(22)23)14(8-13)18-16(10-28(2)27-18)26-20(31)15-9-25-29-7-3-6-24-19(15)29/h3-10,12,21,30H,11H2,1-2H3,(H,26,31)/t12-/m1/s1. The molecule has 3 aromatic heterocycles. The molecule has 0 saturated heterocycles. The van der Waals surface area contributed by atoms with Crippen molar-refractivity contribution in [3.8, 4) is 17.0 Å². The van der Waals surface area contributed by atoms with Crippen LogP contribution in [0.5, 0.6) is 5.75 Å². The maximum atomic E-state index is 13.1. The smallest absolute Gasteiger partial charge is 0.387 e. The third-order valence-electron chi connectivity index (χ3n) is 5.14. The molecule has 4 aromatic rings. The number of anilines is 1. The van der Waals surface area contributed by atoms with Gasteiger partial charge in [-0.3, -0.25) is 9.48 Å². The van der Waals surface area contributed by atoms with Crippen molar-refractivity contribution < 1.29 is 31.8 Å². The molecule has 0 spiro atoms. The highest BCUT2D eigenvalue weighted by molar-refractivity contribution is 7.92. The zero-order chi connectivity index (χ0) is 25.3. The Bertz CT molecular complexity index is 1500. The van der Waals surface area contributed by atoms with Crippen LogP contribution in [0, 0.1) is 0 Å². The van der Waals surface area contributed by atoms with Crippen LogP contribution in [0.4, 0.5) is 14.5 Å². The van der Waals surface area contributed by atoms with Crippen LogP contribution in [0.25, 0.3) is 16.9 Å². The first kappa shape index (κ1) is 24.2. The number of aryl methyl sites for hydroxylation is 1. The molecule has 0 unspecified atom stereocenters. The van der Waals surface area contributed by atoms with Crippen molar-refractivity contribution in [3.63, 3.8) is 0 Å². The van der Waals surface area contributed by atoms with Gasteiger partial charge in [-0.25, -0.2) is 17.9 Å². The minimum Gasteiger partial charge on any atom is -0.434 e. The number of hydrogen-bond donors (Lipinski definition) is 2. The Kier molecular flexibility index (Phi) is 6.49. The van der Waals surface area contributed by atoms with Gasteiger partial charge in [0.25, 0.3) is 5.91 Å². The number of sulfone groups is 1. The average Bonchev–Trinajstić information content (AvgIpc) is 3.41. The molecule has 1 amide bonds. The summed E-state index contributed by atoms with van der Waals surface area (Å²) in [4.78, 5) is 16.9. The molecule has 0 aliphatic carbocycles. The number of nitrogens with one attached hydrogen (secondary N) is 1. The van der Waals surface area contributed by atoms with Crippen LogP contribution in [-0.4, -0.2) is 62.3 Å². The molecular weight excluding hydrogens is 486 g/mol. The molecule has 2 N–H and O–H groups in total. The Morgan fingerprint density at radius 3 is 2.80 bits per heavy atom. The van der Waals surface area contributed by atoms with E-state index in [9.17, 15) is 27.1 Å². The lowest BCUT2D eigenvalue weighted by Crippen LogP contribution is -2.21. The zero-order valence-electron chi connectivity index (χ0n) is 18.5. The number of aliphatic hydroxyl groups is 1. The van der Waals surface area contributed by atoms with Gasteiger partial charge in [-0.15, -0.1) is 0 Å². The number of aromatic nitrogens is 5. The second-order valence-electron chi connectivity index (χ2n) is 7.54. The van der Waals surface area contributed by atoms with Gasteiger partial charge in [-0.2, -0.15) is 19.0 Å². The molecule has 0 saturated carbocycles. The number of fused-ring (bicyclic) bond motifs is 1. The first-order valence-corrected chi connectivity index (χ1v) is 11.7. The number of amides is 1. The van der Waals surface area contributed by atoms with Crippen LogP contribution in [0.1, 0.15) is 17.3 Å². The van der Waals surface area contributed by atoms with Gasteiger partial charge in [0.05, 0.1) is 28.6 Å². The Morgan fingerprint density at radius 1 is 1.31 bits per heavy atom. The molecule has 0 fully saturated rings. The molecule has 4 rings (SSSR count). The number of carbonyl (C=O) groups excluding carboxylic acids is 1. The molecule has 1 atom stereocenters. The van der Waals surface area contributed by atoms with E-state index in [4.69, 9.17) is 0 Å². The van der Waals surface area contributed by atoms with Crippen LogP contribution in [0.2, 0.25) is 0 Å². The number of benzene rings is 1. The molecule has 11 nitrogen and oxygen atoms in total. The predicted molar refractivity (Wildman–Crippen MR) is 120 cm³/mol. The van der Waals surface area contributed by atoms with Gasteiger partial charge in [0.2, 0.25) is 0 Å². The first-order valence-electron chi connectivity index (χ1n) is 10.2. The van der Waals surface area contributed by atoms with E-state index in [2.05, 4.69) is 25.2 Å². The summed E-state index contributed by atoms with van der Waals surface area (Å²) in [5, 5.41) is 19.1. The Balaban J connectivity index is 1.80. The largest absolute Gasteiger partial charge is 0.434 e. The van der Waals surface area contributed by atoms with E-state index >= 15 is 0 Å². The topological polar surface area (TPSA) is 141 Å². The summed E-state index contributed by atoms with van der Waals surface area (Å²) >= 11 is 0. The van der Waals surface area contributed by atoms with Crippen molar-refractivity contribution >= 4 is 27.1 Å². The van der Waals surface area contributed by atoms with E-state index in [-0.39, 0.29) is 33.2 Å². The fourth-order valence-electron chi connectivity index (χ4n) is 3.36. The second-order valence-corrected chi connectivity index (χ2v) is 9.91. The second kappa shape index (κ2) is 9.38. The lowest BCUT2D eigenvalue weighted by molar-refractivity contribution is -0.0494. The van der Waals surface area contributed by atoms with E-state index in [0.29, 0.717) is 5.65 Å². The van der Waals surface area contributed by atoms with Crippen molar-refractivity contribution in [1.82, 2.24) is 24.4 Å². The Labute approximate surface area is 197 Å². The van der Waals surface area contributed by atoms with Gasteiger partial charge in [0.1, 0.15) is 17.0 Å². The maximum Gasteiger partial charge on any atom is 0.387 e. The monoisotopic (exact) mass is 506 g/mol. The van der Waals surface area contributed by atoms with Gasteiger partial charge in [-0.1, -0.05) is 0 Å². The lowest BCUT2D eigenvalue weighted by atomic mass is 10.1. The molecular formula is C21H20F2N6O5S. The van der Waals surface area contributed by atoms with E-state index in [0.717, 1.165) is 18.2 Å². The molecule has 0 bridgehead atoms. The van der Waals surface area contributed by atoms with E-state index < -0.39 is 34.2 Å². The summed E-state index contributed by atoms with van der Waals surface area (Å²) in [6, 6.07) is 4.95.